The first kappa shape index (κ1) is 15.8. The van der Waals surface area contributed by atoms with Crippen LogP contribution in [0, 0.1) is 17.1 Å². The Morgan fingerprint density at radius 1 is 1.25 bits per heavy atom. The SMILES string of the molecule is CC(C)(C(=O)Nc1ccccc1C#N)c1c[nH]c2cc(F)ccc12. The minimum absolute atomic E-state index is 0.240. The molecule has 0 bridgehead atoms. The largest absolute Gasteiger partial charge is 0.361 e. The normalized spacial score (nSPS) is 11.2. The molecule has 3 aromatic rings. The van der Waals surface area contributed by atoms with Gasteiger partial charge in [0.25, 0.3) is 0 Å². The predicted molar refractivity (Wildman–Crippen MR) is 91.1 cm³/mol. The van der Waals surface area contributed by atoms with E-state index in [0.717, 1.165) is 10.9 Å². The number of nitrogens with one attached hydrogen (secondary N) is 2. The van der Waals surface area contributed by atoms with E-state index in [1.807, 2.05) is 0 Å². The zero-order valence-electron chi connectivity index (χ0n) is 13.4. The van der Waals surface area contributed by atoms with Gasteiger partial charge in [-0.25, -0.2) is 4.39 Å². The first-order valence-corrected chi connectivity index (χ1v) is 7.51. The number of benzene rings is 2. The van der Waals surface area contributed by atoms with Crippen molar-refractivity contribution in [1.82, 2.24) is 4.98 Å². The smallest absolute Gasteiger partial charge is 0.234 e. The third kappa shape index (κ3) is 2.63. The lowest BCUT2D eigenvalue weighted by atomic mass is 9.83. The van der Waals surface area contributed by atoms with Crippen molar-refractivity contribution in [3.8, 4) is 6.07 Å². The second kappa shape index (κ2) is 5.82. The number of carbonyl (C=O) groups excluding carboxylic acids is 1. The summed E-state index contributed by atoms with van der Waals surface area (Å²) in [4.78, 5) is 15.8. The molecule has 1 amide bonds. The lowest BCUT2D eigenvalue weighted by Crippen LogP contribution is -2.34. The molecule has 0 saturated carbocycles. The number of amides is 1. The van der Waals surface area contributed by atoms with Crippen LogP contribution in [-0.4, -0.2) is 10.9 Å². The van der Waals surface area contributed by atoms with Gasteiger partial charge in [-0.1, -0.05) is 12.1 Å². The Kier molecular flexibility index (Phi) is 3.82. The second-order valence-corrected chi connectivity index (χ2v) is 6.13. The van der Waals surface area contributed by atoms with Crippen LogP contribution < -0.4 is 5.32 Å². The van der Waals surface area contributed by atoms with Crippen LogP contribution in [0.25, 0.3) is 10.9 Å². The molecule has 1 heterocycles. The summed E-state index contributed by atoms with van der Waals surface area (Å²) in [5.41, 5.74) is 1.43. The Morgan fingerprint density at radius 3 is 2.75 bits per heavy atom. The van der Waals surface area contributed by atoms with Gasteiger partial charge in [-0.05, 0) is 49.7 Å². The molecule has 0 atom stereocenters. The summed E-state index contributed by atoms with van der Waals surface area (Å²) in [5.74, 6) is -0.573. The molecule has 0 aliphatic heterocycles. The molecule has 3 rings (SSSR count). The van der Waals surface area contributed by atoms with Crippen molar-refractivity contribution >= 4 is 22.5 Å². The fraction of sp³-hybridized carbons (Fsp3) is 0.158. The number of rotatable bonds is 3. The molecule has 1 aromatic heterocycles. The summed E-state index contributed by atoms with van der Waals surface area (Å²) >= 11 is 0. The number of nitriles is 1. The number of para-hydroxylation sites is 1. The Morgan fingerprint density at radius 2 is 2.00 bits per heavy atom. The average Bonchev–Trinajstić information content (AvgIpc) is 2.98. The first-order chi connectivity index (χ1) is 11.4. The van der Waals surface area contributed by atoms with E-state index in [0.29, 0.717) is 16.8 Å². The number of aromatic amines is 1. The molecule has 0 unspecified atom stereocenters. The maximum absolute atomic E-state index is 13.3. The monoisotopic (exact) mass is 321 g/mol. The average molecular weight is 321 g/mol. The van der Waals surface area contributed by atoms with Gasteiger partial charge in [0, 0.05) is 17.1 Å². The Hall–Kier alpha value is -3.13. The molecule has 0 spiro atoms. The number of anilines is 1. The van der Waals surface area contributed by atoms with Crippen LogP contribution in [0.15, 0.2) is 48.7 Å². The van der Waals surface area contributed by atoms with Gasteiger partial charge in [0.1, 0.15) is 11.9 Å². The highest BCUT2D eigenvalue weighted by Crippen LogP contribution is 2.32. The summed E-state index contributed by atoms with van der Waals surface area (Å²) in [6.45, 7) is 3.59. The van der Waals surface area contributed by atoms with Gasteiger partial charge in [0.2, 0.25) is 5.91 Å². The molecule has 5 heteroatoms. The predicted octanol–water partition coefficient (Wildman–Crippen LogP) is 4.09. The van der Waals surface area contributed by atoms with Crippen molar-refractivity contribution < 1.29 is 9.18 Å². The van der Waals surface area contributed by atoms with Crippen LogP contribution in [0.3, 0.4) is 0 Å². The van der Waals surface area contributed by atoms with Gasteiger partial charge in [0.15, 0.2) is 0 Å². The highest BCUT2D eigenvalue weighted by molar-refractivity contribution is 6.02. The van der Waals surface area contributed by atoms with Crippen molar-refractivity contribution in [1.29, 1.82) is 5.26 Å². The fourth-order valence-corrected chi connectivity index (χ4v) is 2.71. The van der Waals surface area contributed by atoms with Crippen LogP contribution in [0.1, 0.15) is 25.0 Å². The van der Waals surface area contributed by atoms with Crippen molar-refractivity contribution in [3.63, 3.8) is 0 Å². The molecule has 0 fully saturated rings. The van der Waals surface area contributed by atoms with Crippen molar-refractivity contribution in [3.05, 3.63) is 65.6 Å². The fourth-order valence-electron chi connectivity index (χ4n) is 2.71. The molecule has 2 N–H and O–H groups in total. The van der Waals surface area contributed by atoms with E-state index >= 15 is 0 Å². The third-order valence-electron chi connectivity index (χ3n) is 4.18. The van der Waals surface area contributed by atoms with Crippen molar-refractivity contribution in [2.75, 3.05) is 5.32 Å². The van der Waals surface area contributed by atoms with Crippen LogP contribution in [0.4, 0.5) is 10.1 Å². The van der Waals surface area contributed by atoms with Crippen LogP contribution in [0.5, 0.6) is 0 Å². The number of H-pyrrole nitrogens is 1. The van der Waals surface area contributed by atoms with Gasteiger partial charge in [-0.3, -0.25) is 4.79 Å². The van der Waals surface area contributed by atoms with Gasteiger partial charge >= 0.3 is 0 Å². The van der Waals surface area contributed by atoms with E-state index in [9.17, 15) is 9.18 Å². The second-order valence-electron chi connectivity index (χ2n) is 6.13. The van der Waals surface area contributed by atoms with E-state index in [2.05, 4.69) is 16.4 Å². The zero-order valence-corrected chi connectivity index (χ0v) is 13.4. The lowest BCUT2D eigenvalue weighted by molar-refractivity contribution is -0.120. The summed E-state index contributed by atoms with van der Waals surface area (Å²) in [6.07, 6.45) is 1.72. The van der Waals surface area contributed by atoms with Gasteiger partial charge in [0.05, 0.1) is 16.7 Å². The number of fused-ring (bicyclic) bond motifs is 1. The van der Waals surface area contributed by atoms with Crippen molar-refractivity contribution in [2.45, 2.75) is 19.3 Å². The number of halogens is 1. The minimum atomic E-state index is -0.862. The van der Waals surface area contributed by atoms with Crippen LogP contribution in [-0.2, 0) is 10.2 Å². The van der Waals surface area contributed by atoms with Gasteiger partial charge in [-0.2, -0.15) is 5.26 Å². The number of nitrogens with zero attached hydrogens (tertiary/aromatic N) is 1. The lowest BCUT2D eigenvalue weighted by Gasteiger charge is -2.23. The zero-order chi connectivity index (χ0) is 17.3. The number of carbonyl (C=O) groups is 1. The summed E-state index contributed by atoms with van der Waals surface area (Å²) in [5, 5.41) is 12.8. The van der Waals surface area contributed by atoms with E-state index in [-0.39, 0.29) is 11.7 Å². The van der Waals surface area contributed by atoms with E-state index in [4.69, 9.17) is 5.26 Å². The molecular formula is C19H16FN3O. The van der Waals surface area contributed by atoms with Gasteiger partial charge in [-0.15, -0.1) is 0 Å². The Bertz CT molecular complexity index is 966. The van der Waals surface area contributed by atoms with E-state index in [1.165, 1.54) is 12.1 Å². The van der Waals surface area contributed by atoms with Crippen molar-refractivity contribution in [2.24, 2.45) is 0 Å². The number of hydrogen-bond acceptors (Lipinski definition) is 2. The number of hydrogen-bond donors (Lipinski definition) is 2. The summed E-state index contributed by atoms with van der Waals surface area (Å²) in [6, 6.07) is 13.3. The minimum Gasteiger partial charge on any atom is -0.361 e. The standard InChI is InChI=1S/C19H16FN3O/c1-19(2,15-11-22-17-9-13(20)7-8-14(15)17)18(24)23-16-6-4-3-5-12(16)10-21/h3-9,11,22H,1-2H3,(H,23,24). The van der Waals surface area contributed by atoms with Gasteiger partial charge < -0.3 is 10.3 Å². The number of aromatic nitrogens is 1. The molecule has 0 aliphatic carbocycles. The first-order valence-electron chi connectivity index (χ1n) is 7.51. The molecule has 120 valence electrons. The highest BCUT2D eigenvalue weighted by atomic mass is 19.1. The molecule has 2 aromatic carbocycles. The molecule has 0 aliphatic rings. The quantitative estimate of drug-likeness (QED) is 0.762. The third-order valence-corrected chi connectivity index (χ3v) is 4.18. The maximum atomic E-state index is 13.3. The van der Waals surface area contributed by atoms with Crippen LogP contribution >= 0.6 is 0 Å². The summed E-state index contributed by atoms with van der Waals surface area (Å²) < 4.78 is 13.3. The highest BCUT2D eigenvalue weighted by Gasteiger charge is 2.32. The maximum Gasteiger partial charge on any atom is 0.234 e. The summed E-state index contributed by atoms with van der Waals surface area (Å²) in [7, 11) is 0. The van der Waals surface area contributed by atoms with E-state index < -0.39 is 5.41 Å². The molecular weight excluding hydrogens is 305 g/mol. The van der Waals surface area contributed by atoms with Crippen LogP contribution in [0.2, 0.25) is 0 Å². The van der Waals surface area contributed by atoms with E-state index in [1.54, 1.807) is 50.4 Å². The molecule has 0 saturated heterocycles. The molecule has 0 radical (unpaired) electrons. The topological polar surface area (TPSA) is 68.7 Å². The Labute approximate surface area is 138 Å². The molecule has 24 heavy (non-hydrogen) atoms. The Balaban J connectivity index is 1.97. The molecule has 4 nitrogen and oxygen atoms in total.